The molecule has 1 amide bonds. The SMILES string of the molecule is CCN1CCN(c2cc(NC(=O)c3ccccc3Br)c(Cl)cc2[N+](=O)[O-])CC1. The molecule has 9 heteroatoms. The van der Waals surface area contributed by atoms with Crippen LogP contribution in [0.5, 0.6) is 0 Å². The second-order valence-corrected chi connectivity index (χ2v) is 7.69. The topological polar surface area (TPSA) is 78.7 Å². The third kappa shape index (κ3) is 4.45. The fourth-order valence-corrected chi connectivity index (χ4v) is 3.86. The second-order valence-electron chi connectivity index (χ2n) is 6.43. The van der Waals surface area contributed by atoms with Crippen LogP contribution in [0.25, 0.3) is 0 Å². The van der Waals surface area contributed by atoms with E-state index in [9.17, 15) is 14.9 Å². The van der Waals surface area contributed by atoms with Crippen molar-refractivity contribution in [3.05, 3.63) is 61.6 Å². The van der Waals surface area contributed by atoms with E-state index in [1.54, 1.807) is 24.3 Å². The number of benzene rings is 2. The maximum Gasteiger partial charge on any atom is 0.294 e. The lowest BCUT2D eigenvalue weighted by Crippen LogP contribution is -2.46. The number of nitro benzene ring substituents is 1. The molecule has 0 radical (unpaired) electrons. The lowest BCUT2D eigenvalue weighted by molar-refractivity contribution is -0.384. The first-order valence-electron chi connectivity index (χ1n) is 8.91. The van der Waals surface area contributed by atoms with Gasteiger partial charge in [-0.1, -0.05) is 30.7 Å². The van der Waals surface area contributed by atoms with Crippen LogP contribution in [-0.4, -0.2) is 48.5 Å². The van der Waals surface area contributed by atoms with Gasteiger partial charge in [0, 0.05) is 36.7 Å². The number of hydrogen-bond acceptors (Lipinski definition) is 5. The molecule has 2 aromatic carbocycles. The van der Waals surface area contributed by atoms with E-state index in [0.29, 0.717) is 34.5 Å². The Bertz CT molecular complexity index is 901. The first kappa shape index (κ1) is 20.6. The van der Waals surface area contributed by atoms with Crippen LogP contribution in [0, 0.1) is 10.1 Å². The molecule has 3 rings (SSSR count). The van der Waals surface area contributed by atoms with Crippen molar-refractivity contribution in [1.82, 2.24) is 4.90 Å². The average molecular weight is 468 g/mol. The molecule has 0 saturated carbocycles. The zero-order valence-corrected chi connectivity index (χ0v) is 17.7. The number of piperazine rings is 1. The molecule has 1 N–H and O–H groups in total. The molecule has 1 fully saturated rings. The number of amides is 1. The van der Waals surface area contributed by atoms with Crippen molar-refractivity contribution in [3.8, 4) is 0 Å². The van der Waals surface area contributed by atoms with E-state index in [4.69, 9.17) is 11.6 Å². The molecule has 148 valence electrons. The molecule has 0 spiro atoms. The van der Waals surface area contributed by atoms with Gasteiger partial charge in [0.2, 0.25) is 0 Å². The number of halogens is 2. The Balaban J connectivity index is 1.91. The number of nitro groups is 1. The van der Waals surface area contributed by atoms with E-state index in [1.807, 2.05) is 11.0 Å². The highest BCUT2D eigenvalue weighted by Gasteiger charge is 2.26. The van der Waals surface area contributed by atoms with Crippen molar-refractivity contribution in [2.24, 2.45) is 0 Å². The van der Waals surface area contributed by atoms with Crippen LogP contribution in [0.3, 0.4) is 0 Å². The van der Waals surface area contributed by atoms with Crippen LogP contribution < -0.4 is 10.2 Å². The van der Waals surface area contributed by atoms with Gasteiger partial charge in [0.1, 0.15) is 5.69 Å². The van der Waals surface area contributed by atoms with Crippen LogP contribution in [0.4, 0.5) is 17.1 Å². The zero-order valence-electron chi connectivity index (χ0n) is 15.3. The van der Waals surface area contributed by atoms with Gasteiger partial charge in [-0.3, -0.25) is 14.9 Å². The van der Waals surface area contributed by atoms with Gasteiger partial charge in [-0.05, 0) is 40.7 Å². The predicted molar refractivity (Wildman–Crippen MR) is 115 cm³/mol. The number of carbonyl (C=O) groups is 1. The minimum absolute atomic E-state index is 0.0613. The van der Waals surface area contributed by atoms with Gasteiger partial charge < -0.3 is 15.1 Å². The van der Waals surface area contributed by atoms with Gasteiger partial charge in [-0.25, -0.2) is 0 Å². The lowest BCUT2D eigenvalue weighted by Gasteiger charge is -2.35. The molecule has 0 atom stereocenters. The highest BCUT2D eigenvalue weighted by atomic mass is 79.9. The number of likely N-dealkylation sites (N-methyl/N-ethyl adjacent to an activating group) is 1. The highest BCUT2D eigenvalue weighted by molar-refractivity contribution is 9.10. The van der Waals surface area contributed by atoms with Crippen LogP contribution in [0.15, 0.2) is 40.9 Å². The molecule has 1 aliphatic heterocycles. The molecular formula is C19H20BrClN4O3. The van der Waals surface area contributed by atoms with Crippen molar-refractivity contribution in [3.63, 3.8) is 0 Å². The van der Waals surface area contributed by atoms with Gasteiger partial charge >= 0.3 is 0 Å². The number of nitrogens with one attached hydrogen (secondary N) is 1. The van der Waals surface area contributed by atoms with Gasteiger partial charge in [-0.2, -0.15) is 0 Å². The van der Waals surface area contributed by atoms with E-state index < -0.39 is 4.92 Å². The summed E-state index contributed by atoms with van der Waals surface area (Å²) >= 11 is 9.60. The number of nitrogens with zero attached hydrogens (tertiary/aromatic N) is 3. The summed E-state index contributed by atoms with van der Waals surface area (Å²) < 4.78 is 0.654. The minimum Gasteiger partial charge on any atom is -0.363 e. The maximum absolute atomic E-state index is 12.6. The molecule has 0 aliphatic carbocycles. The standard InChI is InChI=1S/C19H20BrClN4O3/c1-2-23-7-9-24(10-8-23)17-12-16(15(21)11-18(17)25(27)28)22-19(26)13-5-3-4-6-14(13)20/h3-6,11-12H,2,7-10H2,1H3,(H,22,26). The van der Waals surface area contributed by atoms with E-state index in [2.05, 4.69) is 33.1 Å². The summed E-state index contributed by atoms with van der Waals surface area (Å²) in [6.45, 7) is 6.05. The normalized spacial score (nSPS) is 14.8. The first-order valence-corrected chi connectivity index (χ1v) is 10.1. The van der Waals surface area contributed by atoms with Crippen molar-refractivity contribution in [1.29, 1.82) is 0 Å². The Labute approximate surface area is 176 Å². The summed E-state index contributed by atoms with van der Waals surface area (Å²) in [6, 6.07) is 9.92. The third-order valence-electron chi connectivity index (χ3n) is 4.79. The molecule has 7 nitrogen and oxygen atoms in total. The molecule has 28 heavy (non-hydrogen) atoms. The Kier molecular flexibility index (Phi) is 6.53. The quantitative estimate of drug-likeness (QED) is 0.521. The summed E-state index contributed by atoms with van der Waals surface area (Å²) in [6.07, 6.45) is 0. The molecule has 2 aromatic rings. The highest BCUT2D eigenvalue weighted by Crippen LogP contribution is 2.37. The Morgan fingerprint density at radius 1 is 1.25 bits per heavy atom. The number of hydrogen-bond donors (Lipinski definition) is 1. The minimum atomic E-state index is -0.438. The van der Waals surface area contributed by atoms with Crippen molar-refractivity contribution in [2.45, 2.75) is 6.92 Å². The molecule has 0 bridgehead atoms. The van der Waals surface area contributed by atoms with Crippen LogP contribution in [0.1, 0.15) is 17.3 Å². The van der Waals surface area contributed by atoms with E-state index >= 15 is 0 Å². The predicted octanol–water partition coefficient (Wildman–Crippen LogP) is 4.40. The van der Waals surface area contributed by atoms with Crippen molar-refractivity contribution < 1.29 is 9.72 Å². The number of rotatable bonds is 5. The molecule has 0 unspecified atom stereocenters. The summed E-state index contributed by atoms with van der Waals surface area (Å²) in [7, 11) is 0. The Hall–Kier alpha value is -2.16. The molecule has 1 aliphatic rings. The Morgan fingerprint density at radius 2 is 1.93 bits per heavy atom. The Morgan fingerprint density at radius 3 is 2.54 bits per heavy atom. The van der Waals surface area contributed by atoms with Crippen LogP contribution >= 0.6 is 27.5 Å². The fourth-order valence-electron chi connectivity index (χ4n) is 3.19. The smallest absolute Gasteiger partial charge is 0.294 e. The molecular weight excluding hydrogens is 448 g/mol. The first-order chi connectivity index (χ1) is 13.4. The number of anilines is 2. The van der Waals surface area contributed by atoms with Gasteiger partial charge in [-0.15, -0.1) is 0 Å². The van der Waals surface area contributed by atoms with Crippen molar-refractivity contribution in [2.75, 3.05) is 42.9 Å². The van der Waals surface area contributed by atoms with Crippen LogP contribution in [-0.2, 0) is 0 Å². The van der Waals surface area contributed by atoms with Crippen molar-refractivity contribution >= 4 is 50.5 Å². The molecule has 1 saturated heterocycles. The summed E-state index contributed by atoms with van der Waals surface area (Å²) in [4.78, 5) is 28.0. The van der Waals surface area contributed by atoms with E-state index in [1.165, 1.54) is 6.07 Å². The average Bonchev–Trinajstić information content (AvgIpc) is 2.69. The molecule has 0 aromatic heterocycles. The fraction of sp³-hybridized carbons (Fsp3) is 0.316. The molecule has 1 heterocycles. The third-order valence-corrected chi connectivity index (χ3v) is 5.79. The monoisotopic (exact) mass is 466 g/mol. The summed E-state index contributed by atoms with van der Waals surface area (Å²) in [5, 5.41) is 14.5. The number of carbonyl (C=O) groups excluding carboxylic acids is 1. The maximum atomic E-state index is 12.6. The van der Waals surface area contributed by atoms with Gasteiger partial charge in [0.05, 0.1) is 21.2 Å². The summed E-state index contributed by atoms with van der Waals surface area (Å²) in [5.74, 6) is -0.343. The second kappa shape index (κ2) is 8.89. The van der Waals surface area contributed by atoms with Gasteiger partial charge in [0.15, 0.2) is 0 Å². The largest absolute Gasteiger partial charge is 0.363 e. The zero-order chi connectivity index (χ0) is 20.3. The summed E-state index contributed by atoms with van der Waals surface area (Å²) in [5.41, 5.74) is 1.21. The van der Waals surface area contributed by atoms with E-state index in [-0.39, 0.29) is 16.6 Å². The lowest BCUT2D eigenvalue weighted by atomic mass is 10.1. The van der Waals surface area contributed by atoms with Gasteiger partial charge in [0.25, 0.3) is 11.6 Å². The van der Waals surface area contributed by atoms with E-state index in [0.717, 1.165) is 19.6 Å². The van der Waals surface area contributed by atoms with Crippen LogP contribution in [0.2, 0.25) is 5.02 Å².